The first-order valence-corrected chi connectivity index (χ1v) is 9.26. The fourth-order valence-electron chi connectivity index (χ4n) is 3.39. The van der Waals surface area contributed by atoms with Gasteiger partial charge in [-0.2, -0.15) is 0 Å². The van der Waals surface area contributed by atoms with E-state index in [1.807, 2.05) is 54.6 Å². The van der Waals surface area contributed by atoms with Gasteiger partial charge in [-0.25, -0.2) is 5.84 Å². The van der Waals surface area contributed by atoms with E-state index < -0.39 is 11.9 Å². The second-order valence-corrected chi connectivity index (χ2v) is 6.85. The zero-order chi connectivity index (χ0) is 19.9. The van der Waals surface area contributed by atoms with Crippen LogP contribution in [0.25, 0.3) is 0 Å². The highest BCUT2D eigenvalue weighted by Gasteiger charge is 2.31. The molecule has 0 spiro atoms. The number of anilines is 1. The van der Waals surface area contributed by atoms with E-state index in [9.17, 15) is 9.90 Å². The number of carboxylic acid groups (broad SMARTS) is 1. The van der Waals surface area contributed by atoms with Crippen LogP contribution in [0.5, 0.6) is 5.75 Å². The van der Waals surface area contributed by atoms with E-state index in [-0.39, 0.29) is 12.5 Å². The van der Waals surface area contributed by atoms with Crippen molar-refractivity contribution < 1.29 is 14.6 Å². The topological polar surface area (TPSA) is 114 Å². The van der Waals surface area contributed by atoms with Gasteiger partial charge in [0.2, 0.25) is 0 Å². The minimum Gasteiger partial charge on any atom is -0.487 e. The van der Waals surface area contributed by atoms with Crippen LogP contribution >= 0.6 is 0 Å². The number of aliphatic carboxylic acids is 1. The number of nitrogens with zero attached hydrogens (tertiary/aromatic N) is 1. The quantitative estimate of drug-likeness (QED) is 0.428. The van der Waals surface area contributed by atoms with E-state index in [1.54, 1.807) is 6.20 Å². The summed E-state index contributed by atoms with van der Waals surface area (Å²) >= 11 is 0. The number of benzene rings is 2. The highest BCUT2D eigenvalue weighted by Crippen LogP contribution is 2.31. The van der Waals surface area contributed by atoms with Crippen molar-refractivity contribution in [3.05, 3.63) is 72.1 Å². The second kappa shape index (κ2) is 9.25. The van der Waals surface area contributed by atoms with Crippen molar-refractivity contribution in [1.82, 2.24) is 5.32 Å². The third kappa shape index (κ3) is 5.03. The molecule has 2 aromatic carbocycles. The summed E-state index contributed by atoms with van der Waals surface area (Å²) in [5, 5.41) is 14.2. The normalized spacial score (nSPS) is 19.8. The van der Waals surface area contributed by atoms with Crippen LogP contribution in [0.15, 0.2) is 66.5 Å². The van der Waals surface area contributed by atoms with Crippen molar-refractivity contribution in [3.8, 4) is 5.75 Å². The molecule has 148 valence electrons. The predicted molar refractivity (Wildman–Crippen MR) is 109 cm³/mol. The number of hydrogen-bond donors (Lipinski definition) is 4. The summed E-state index contributed by atoms with van der Waals surface area (Å²) in [5.74, 6) is 5.62. The first kappa shape index (κ1) is 19.7. The Morgan fingerprint density at radius 2 is 2.04 bits per heavy atom. The van der Waals surface area contributed by atoms with Crippen LogP contribution in [0.4, 0.5) is 5.69 Å². The molecule has 2 aromatic rings. The average molecular weight is 382 g/mol. The average Bonchev–Trinajstić information content (AvgIpc) is 2.73. The molecule has 0 radical (unpaired) electrons. The Kier molecular flexibility index (Phi) is 6.52. The van der Waals surface area contributed by atoms with Crippen LogP contribution < -0.4 is 26.6 Å². The largest absolute Gasteiger partial charge is 0.487 e. The number of piperidine rings is 1. The van der Waals surface area contributed by atoms with Gasteiger partial charge < -0.3 is 20.9 Å². The summed E-state index contributed by atoms with van der Waals surface area (Å²) in [6.07, 6.45) is 2.22. The molecule has 1 saturated heterocycles. The smallest absolute Gasteiger partial charge is 0.307 e. The van der Waals surface area contributed by atoms with Crippen molar-refractivity contribution in [3.63, 3.8) is 0 Å². The molecule has 7 heteroatoms. The van der Waals surface area contributed by atoms with Gasteiger partial charge in [0.25, 0.3) is 0 Å². The number of carboxylic acids is 1. The molecule has 0 saturated carbocycles. The van der Waals surface area contributed by atoms with Crippen LogP contribution in [0.2, 0.25) is 0 Å². The summed E-state index contributed by atoms with van der Waals surface area (Å²) in [7, 11) is 0. The van der Waals surface area contributed by atoms with Gasteiger partial charge >= 0.3 is 5.97 Å². The molecule has 3 rings (SSSR count). The maximum atomic E-state index is 11.6. The zero-order valence-electron chi connectivity index (χ0n) is 15.6. The minimum absolute atomic E-state index is 0.0951. The summed E-state index contributed by atoms with van der Waals surface area (Å²) < 4.78 is 5.61. The van der Waals surface area contributed by atoms with Crippen molar-refractivity contribution in [2.75, 3.05) is 24.7 Å². The summed E-state index contributed by atoms with van der Waals surface area (Å²) in [4.78, 5) is 11.6. The van der Waals surface area contributed by atoms with Crippen LogP contribution in [-0.4, -0.2) is 30.8 Å². The molecule has 1 fully saturated rings. The van der Waals surface area contributed by atoms with Gasteiger partial charge in [-0.3, -0.25) is 9.80 Å². The molecular formula is C21H26N4O3. The van der Waals surface area contributed by atoms with E-state index in [4.69, 9.17) is 16.3 Å². The monoisotopic (exact) mass is 382 g/mol. The van der Waals surface area contributed by atoms with E-state index >= 15 is 0 Å². The van der Waals surface area contributed by atoms with Crippen LogP contribution in [-0.2, 0) is 4.79 Å². The first-order valence-electron chi connectivity index (χ1n) is 9.26. The Bertz CT molecular complexity index is 825. The van der Waals surface area contributed by atoms with Gasteiger partial charge in [-0.05, 0) is 42.8 Å². The molecule has 0 aromatic heterocycles. The minimum atomic E-state index is -0.760. The van der Waals surface area contributed by atoms with Crippen LogP contribution in [0, 0.1) is 5.92 Å². The third-order valence-electron chi connectivity index (χ3n) is 4.85. The van der Waals surface area contributed by atoms with Gasteiger partial charge in [0.05, 0.1) is 17.3 Å². The fourth-order valence-corrected chi connectivity index (χ4v) is 3.39. The van der Waals surface area contributed by atoms with Gasteiger partial charge in [-0.1, -0.05) is 30.3 Å². The molecular weight excluding hydrogens is 356 g/mol. The molecule has 2 unspecified atom stereocenters. The standard InChI is InChI=1S/C21H26N4O3/c22-16(14-28-18-7-2-1-3-8-18)13-25(23)17-6-4-5-15(11-17)20-12-24-10-9-19(20)21(26)27/h1-8,11,13,19-20,24H,9-10,12,14,22-23H2,(H,26,27)/b16-13-. The number of ether oxygens (including phenoxy) is 1. The Morgan fingerprint density at radius 1 is 1.25 bits per heavy atom. The fraction of sp³-hybridized carbons (Fsp3) is 0.286. The van der Waals surface area contributed by atoms with Gasteiger partial charge in [0.15, 0.2) is 0 Å². The maximum absolute atomic E-state index is 11.6. The lowest BCUT2D eigenvalue weighted by Crippen LogP contribution is -2.38. The number of para-hydroxylation sites is 1. The number of carbonyl (C=O) groups is 1. The zero-order valence-corrected chi connectivity index (χ0v) is 15.6. The Labute approximate surface area is 164 Å². The molecule has 1 aliphatic heterocycles. The van der Waals surface area contributed by atoms with Crippen LogP contribution in [0.1, 0.15) is 17.9 Å². The van der Waals surface area contributed by atoms with E-state index in [0.29, 0.717) is 18.7 Å². The van der Waals surface area contributed by atoms with Crippen LogP contribution in [0.3, 0.4) is 0 Å². The van der Waals surface area contributed by atoms with E-state index in [2.05, 4.69) is 5.32 Å². The molecule has 28 heavy (non-hydrogen) atoms. The maximum Gasteiger partial charge on any atom is 0.307 e. The first-order chi connectivity index (χ1) is 13.5. The lowest BCUT2D eigenvalue weighted by Gasteiger charge is -2.30. The molecule has 0 amide bonds. The second-order valence-electron chi connectivity index (χ2n) is 6.85. The van der Waals surface area contributed by atoms with Crippen molar-refractivity contribution in [2.45, 2.75) is 12.3 Å². The molecule has 1 aliphatic rings. The Morgan fingerprint density at radius 3 is 2.79 bits per heavy atom. The SMILES string of the molecule is N/C(=C\N(N)c1cccc(C2CNCCC2C(=O)O)c1)COc1ccccc1. The Balaban J connectivity index is 1.69. The number of hydrazine groups is 1. The number of nitrogens with one attached hydrogen (secondary N) is 1. The van der Waals surface area contributed by atoms with Crippen molar-refractivity contribution in [2.24, 2.45) is 17.5 Å². The summed E-state index contributed by atoms with van der Waals surface area (Å²) in [6, 6.07) is 17.0. The molecule has 0 bridgehead atoms. The lowest BCUT2D eigenvalue weighted by molar-refractivity contribution is -0.143. The lowest BCUT2D eigenvalue weighted by atomic mass is 9.81. The number of hydrogen-bond acceptors (Lipinski definition) is 6. The summed E-state index contributed by atoms with van der Waals surface area (Å²) in [5.41, 5.74) is 8.18. The van der Waals surface area contributed by atoms with Gasteiger partial charge in [-0.15, -0.1) is 0 Å². The molecule has 2 atom stereocenters. The molecule has 7 nitrogen and oxygen atoms in total. The molecule has 1 heterocycles. The highest BCUT2D eigenvalue weighted by molar-refractivity contribution is 5.72. The van der Waals surface area contributed by atoms with Gasteiger partial charge in [0, 0.05) is 18.7 Å². The summed E-state index contributed by atoms with van der Waals surface area (Å²) in [6.45, 7) is 1.57. The Hall–Kier alpha value is -3.03. The van der Waals surface area contributed by atoms with Crippen molar-refractivity contribution in [1.29, 1.82) is 0 Å². The van der Waals surface area contributed by atoms with E-state index in [1.165, 1.54) is 5.01 Å². The van der Waals surface area contributed by atoms with E-state index in [0.717, 1.165) is 23.5 Å². The highest BCUT2D eigenvalue weighted by atomic mass is 16.5. The predicted octanol–water partition coefficient (Wildman–Crippen LogP) is 2.02. The number of rotatable bonds is 7. The molecule has 6 N–H and O–H groups in total. The third-order valence-corrected chi connectivity index (χ3v) is 4.85. The van der Waals surface area contributed by atoms with Gasteiger partial charge in [0.1, 0.15) is 12.4 Å². The van der Waals surface area contributed by atoms with Crippen molar-refractivity contribution >= 4 is 11.7 Å². The molecule has 0 aliphatic carbocycles. The number of nitrogens with two attached hydrogens (primary N) is 2.